The zero-order valence-corrected chi connectivity index (χ0v) is 12.9. The van der Waals surface area contributed by atoms with E-state index in [1.807, 2.05) is 18.2 Å². The second-order valence-corrected chi connectivity index (χ2v) is 4.52. The first-order chi connectivity index (χ1) is 9.54. The summed E-state index contributed by atoms with van der Waals surface area (Å²) in [6, 6.07) is 12.0. The van der Waals surface area contributed by atoms with E-state index in [1.54, 1.807) is 6.07 Å². The highest BCUT2D eigenvalue weighted by molar-refractivity contribution is 5.62. The standard InChI is InChI=1S/C7H8.C6H12.C2H3N.C2H4O2/c1-7-5-3-2-4-6-7;1-2-4-6-5-3-1;1-2-3;1-2(3)4/h2-6H,1H3;1-6H2;1H3;1H3,(H,3,4). The van der Waals surface area contributed by atoms with Gasteiger partial charge in [0.1, 0.15) is 0 Å². The van der Waals surface area contributed by atoms with Crippen LogP contribution in [0, 0.1) is 18.3 Å². The van der Waals surface area contributed by atoms with E-state index in [0.717, 1.165) is 6.92 Å². The first-order valence-electron chi connectivity index (χ1n) is 7.06. The maximum absolute atomic E-state index is 9.00. The molecule has 2 rings (SSSR count). The van der Waals surface area contributed by atoms with Crippen molar-refractivity contribution in [3.8, 4) is 6.07 Å². The van der Waals surface area contributed by atoms with Crippen molar-refractivity contribution < 1.29 is 9.90 Å². The van der Waals surface area contributed by atoms with Crippen LogP contribution in [-0.4, -0.2) is 11.1 Å². The number of aryl methyl sites for hydroxylation is 1. The van der Waals surface area contributed by atoms with Gasteiger partial charge in [-0.1, -0.05) is 74.4 Å². The zero-order chi connectivity index (χ0) is 15.6. The Kier molecular flexibility index (Phi) is 17.6. The van der Waals surface area contributed by atoms with E-state index in [9.17, 15) is 0 Å². The number of rotatable bonds is 0. The molecule has 1 N–H and O–H groups in total. The molecule has 20 heavy (non-hydrogen) atoms. The van der Waals surface area contributed by atoms with Crippen LogP contribution in [0.25, 0.3) is 0 Å². The van der Waals surface area contributed by atoms with Gasteiger partial charge in [-0.3, -0.25) is 4.79 Å². The smallest absolute Gasteiger partial charge is 0.300 e. The molecule has 3 nitrogen and oxygen atoms in total. The molecule has 0 saturated heterocycles. The van der Waals surface area contributed by atoms with Gasteiger partial charge in [0.25, 0.3) is 5.97 Å². The zero-order valence-electron chi connectivity index (χ0n) is 12.9. The molecule has 1 aromatic rings. The largest absolute Gasteiger partial charge is 0.481 e. The molecule has 0 bridgehead atoms. The van der Waals surface area contributed by atoms with Crippen LogP contribution < -0.4 is 0 Å². The van der Waals surface area contributed by atoms with Crippen molar-refractivity contribution in [2.75, 3.05) is 0 Å². The highest BCUT2D eigenvalue weighted by Crippen LogP contribution is 2.15. The molecule has 0 amide bonds. The summed E-state index contributed by atoms with van der Waals surface area (Å²) in [6.07, 6.45) is 9.00. The Balaban J connectivity index is 0. The molecule has 1 aliphatic carbocycles. The molecule has 0 radical (unpaired) electrons. The van der Waals surface area contributed by atoms with E-state index < -0.39 is 5.97 Å². The minimum atomic E-state index is -0.833. The average molecular weight is 277 g/mol. The van der Waals surface area contributed by atoms with Crippen LogP contribution in [-0.2, 0) is 4.79 Å². The molecular formula is C17H27NO2. The number of benzene rings is 1. The second kappa shape index (κ2) is 17.2. The van der Waals surface area contributed by atoms with E-state index in [4.69, 9.17) is 15.2 Å². The van der Waals surface area contributed by atoms with Crippen molar-refractivity contribution in [2.24, 2.45) is 0 Å². The fourth-order valence-corrected chi connectivity index (χ4v) is 1.60. The number of carboxylic acid groups (broad SMARTS) is 1. The molecule has 1 saturated carbocycles. The summed E-state index contributed by atoms with van der Waals surface area (Å²) < 4.78 is 0. The molecule has 1 aromatic carbocycles. The highest BCUT2D eigenvalue weighted by atomic mass is 16.4. The predicted molar refractivity (Wildman–Crippen MR) is 83.5 cm³/mol. The van der Waals surface area contributed by atoms with Gasteiger partial charge >= 0.3 is 0 Å². The summed E-state index contributed by atoms with van der Waals surface area (Å²) in [5, 5.41) is 14.7. The Morgan fingerprint density at radius 3 is 1.45 bits per heavy atom. The molecule has 0 aromatic heterocycles. The van der Waals surface area contributed by atoms with E-state index in [0.29, 0.717) is 0 Å². The summed E-state index contributed by atoms with van der Waals surface area (Å²) in [7, 11) is 0. The lowest BCUT2D eigenvalue weighted by molar-refractivity contribution is -0.134. The highest BCUT2D eigenvalue weighted by Gasteiger charge is 1.95. The number of nitrogens with zero attached hydrogens (tertiary/aromatic N) is 1. The maximum atomic E-state index is 9.00. The van der Waals surface area contributed by atoms with Crippen molar-refractivity contribution >= 4 is 5.97 Å². The minimum Gasteiger partial charge on any atom is -0.481 e. The van der Waals surface area contributed by atoms with Crippen molar-refractivity contribution in [3.63, 3.8) is 0 Å². The summed E-state index contributed by atoms with van der Waals surface area (Å²) in [5.74, 6) is -0.833. The lowest BCUT2D eigenvalue weighted by atomic mass is 10.0. The van der Waals surface area contributed by atoms with Crippen molar-refractivity contribution in [3.05, 3.63) is 35.9 Å². The Labute approximate surface area is 123 Å². The van der Waals surface area contributed by atoms with Gasteiger partial charge in [0.15, 0.2) is 0 Å². The van der Waals surface area contributed by atoms with Crippen LogP contribution >= 0.6 is 0 Å². The molecule has 3 heteroatoms. The van der Waals surface area contributed by atoms with Gasteiger partial charge in [0.05, 0.1) is 6.07 Å². The quantitative estimate of drug-likeness (QED) is 0.729. The first kappa shape index (κ1) is 20.5. The van der Waals surface area contributed by atoms with Crippen LogP contribution in [0.15, 0.2) is 30.3 Å². The molecule has 0 aliphatic heterocycles. The monoisotopic (exact) mass is 277 g/mol. The number of carbonyl (C=O) groups is 1. The summed E-state index contributed by atoms with van der Waals surface area (Å²) in [6.45, 7) is 4.60. The van der Waals surface area contributed by atoms with Crippen molar-refractivity contribution in [1.29, 1.82) is 5.26 Å². The van der Waals surface area contributed by atoms with Crippen molar-refractivity contribution in [2.45, 2.75) is 59.3 Å². The Bertz CT molecular complexity index is 335. The number of carboxylic acids is 1. The normalized spacial score (nSPS) is 11.9. The Morgan fingerprint density at radius 1 is 1.05 bits per heavy atom. The third kappa shape index (κ3) is 25.1. The molecule has 0 spiro atoms. The maximum Gasteiger partial charge on any atom is 0.300 e. The second-order valence-electron chi connectivity index (χ2n) is 4.52. The summed E-state index contributed by atoms with van der Waals surface area (Å²) in [4.78, 5) is 9.00. The summed E-state index contributed by atoms with van der Waals surface area (Å²) in [5.41, 5.74) is 1.32. The molecule has 1 aliphatic rings. The Hall–Kier alpha value is -1.82. The average Bonchev–Trinajstić information content (AvgIpc) is 2.42. The fraction of sp³-hybridized carbons (Fsp3) is 0.529. The van der Waals surface area contributed by atoms with Crippen LogP contribution in [0.4, 0.5) is 0 Å². The van der Waals surface area contributed by atoms with E-state index >= 15 is 0 Å². The number of aliphatic carboxylic acids is 1. The van der Waals surface area contributed by atoms with Crippen LogP contribution in [0.3, 0.4) is 0 Å². The first-order valence-corrected chi connectivity index (χ1v) is 7.06. The van der Waals surface area contributed by atoms with Gasteiger partial charge in [-0.25, -0.2) is 0 Å². The van der Waals surface area contributed by atoms with Gasteiger partial charge in [0, 0.05) is 13.8 Å². The molecule has 112 valence electrons. The van der Waals surface area contributed by atoms with Crippen LogP contribution in [0.2, 0.25) is 0 Å². The molecule has 0 atom stereocenters. The van der Waals surface area contributed by atoms with Crippen LogP contribution in [0.1, 0.15) is 57.9 Å². The van der Waals surface area contributed by atoms with Gasteiger partial charge < -0.3 is 5.11 Å². The molecule has 0 unspecified atom stereocenters. The van der Waals surface area contributed by atoms with Crippen LogP contribution in [0.5, 0.6) is 0 Å². The lowest BCUT2D eigenvalue weighted by Gasteiger charge is -2.05. The molecule has 1 fully saturated rings. The lowest BCUT2D eigenvalue weighted by Crippen LogP contribution is -1.85. The van der Waals surface area contributed by atoms with E-state index in [-0.39, 0.29) is 0 Å². The van der Waals surface area contributed by atoms with E-state index in [2.05, 4.69) is 19.1 Å². The Morgan fingerprint density at radius 2 is 1.30 bits per heavy atom. The third-order valence-corrected chi connectivity index (χ3v) is 2.44. The predicted octanol–water partition coefficient (Wildman–Crippen LogP) is 4.96. The summed E-state index contributed by atoms with van der Waals surface area (Å²) >= 11 is 0. The van der Waals surface area contributed by atoms with E-state index in [1.165, 1.54) is 51.0 Å². The topological polar surface area (TPSA) is 61.1 Å². The van der Waals surface area contributed by atoms with Gasteiger partial charge in [-0.15, -0.1) is 0 Å². The number of hydrogen-bond acceptors (Lipinski definition) is 2. The van der Waals surface area contributed by atoms with Gasteiger partial charge in [0.2, 0.25) is 0 Å². The van der Waals surface area contributed by atoms with Gasteiger partial charge in [-0.2, -0.15) is 5.26 Å². The van der Waals surface area contributed by atoms with Gasteiger partial charge in [-0.05, 0) is 6.92 Å². The molecular weight excluding hydrogens is 250 g/mol. The number of hydrogen-bond donors (Lipinski definition) is 1. The van der Waals surface area contributed by atoms with Crippen molar-refractivity contribution in [1.82, 2.24) is 0 Å². The minimum absolute atomic E-state index is 0.833. The third-order valence-electron chi connectivity index (χ3n) is 2.44. The number of nitriles is 1. The SMILES string of the molecule is C1CCCCC1.CC#N.CC(=O)O.Cc1ccccc1. The molecule has 0 heterocycles. The fourth-order valence-electron chi connectivity index (χ4n) is 1.60.